The van der Waals surface area contributed by atoms with Crippen molar-refractivity contribution in [2.45, 2.75) is 44.8 Å². The molecular formula is C36H26F3N3. The zero-order valence-corrected chi connectivity index (χ0v) is 23.0. The van der Waals surface area contributed by atoms with Gasteiger partial charge in [-0.3, -0.25) is 9.98 Å². The van der Waals surface area contributed by atoms with Crippen LogP contribution in [-0.2, 0) is 19.0 Å². The summed E-state index contributed by atoms with van der Waals surface area (Å²) in [6.07, 6.45) is 4.49. The smallest absolute Gasteiger partial charge is 0.278 e. The van der Waals surface area contributed by atoms with Gasteiger partial charge in [-0.15, -0.1) is 0 Å². The number of benzene rings is 3. The minimum Gasteiger partial charge on any atom is -0.278 e. The Balaban J connectivity index is 1.31. The van der Waals surface area contributed by atoms with Gasteiger partial charge >= 0.3 is 6.18 Å². The van der Waals surface area contributed by atoms with Crippen LogP contribution in [0, 0.1) is 17.4 Å². The largest absolute Gasteiger partial charge is 0.417 e. The number of para-hydroxylation sites is 1. The van der Waals surface area contributed by atoms with Crippen molar-refractivity contribution < 1.29 is 13.2 Å². The Kier molecular flexibility index (Phi) is 5.52. The summed E-state index contributed by atoms with van der Waals surface area (Å²) in [7, 11) is 0. The van der Waals surface area contributed by atoms with Crippen molar-refractivity contribution in [1.29, 1.82) is 0 Å². The molecule has 6 heteroatoms. The number of aliphatic imine (C=N–C) groups is 2. The molecule has 206 valence electrons. The molecule has 1 unspecified atom stereocenters. The second-order valence-electron chi connectivity index (χ2n) is 11.4. The van der Waals surface area contributed by atoms with Gasteiger partial charge in [-0.1, -0.05) is 60.2 Å². The molecule has 3 aromatic carbocycles. The van der Waals surface area contributed by atoms with Crippen molar-refractivity contribution >= 4 is 40.4 Å². The Morgan fingerprint density at radius 2 is 1.71 bits per heavy atom. The fourth-order valence-electron chi connectivity index (χ4n) is 6.97. The molecule has 3 heterocycles. The first-order valence-electron chi connectivity index (χ1n) is 14.3. The minimum absolute atomic E-state index is 0.259. The van der Waals surface area contributed by atoms with E-state index in [4.69, 9.17) is 9.98 Å². The normalized spacial score (nSPS) is 18.4. The average Bonchev–Trinajstić information content (AvgIpc) is 3.39. The van der Waals surface area contributed by atoms with Gasteiger partial charge in [-0.2, -0.15) is 13.2 Å². The molecule has 1 aromatic heterocycles. The molecule has 0 spiro atoms. The maximum Gasteiger partial charge on any atom is 0.417 e. The number of halogens is 3. The monoisotopic (exact) mass is 557 g/mol. The second-order valence-corrected chi connectivity index (χ2v) is 11.4. The van der Waals surface area contributed by atoms with Crippen molar-refractivity contribution in [2.75, 3.05) is 0 Å². The maximum absolute atomic E-state index is 13.2. The molecule has 4 aromatic rings. The molecule has 0 bridgehead atoms. The molecule has 0 saturated carbocycles. The first kappa shape index (κ1) is 25.2. The Hall–Kier alpha value is -4.58. The number of alkyl halides is 3. The second kappa shape index (κ2) is 9.21. The predicted octanol–water partition coefficient (Wildman–Crippen LogP) is 6.67. The Labute approximate surface area is 240 Å². The summed E-state index contributed by atoms with van der Waals surface area (Å²) in [5, 5.41) is 5.18. The fourth-order valence-corrected chi connectivity index (χ4v) is 6.97. The number of rotatable bonds is 2. The van der Waals surface area contributed by atoms with E-state index in [1.54, 1.807) is 6.21 Å². The highest BCUT2D eigenvalue weighted by Crippen LogP contribution is 2.44. The zero-order chi connectivity index (χ0) is 28.6. The van der Waals surface area contributed by atoms with E-state index in [1.165, 1.54) is 49.2 Å². The van der Waals surface area contributed by atoms with Gasteiger partial charge in [0.25, 0.3) is 0 Å². The lowest BCUT2D eigenvalue weighted by Gasteiger charge is -2.27. The number of nitrogens with zero attached hydrogens (tertiary/aromatic N) is 3. The van der Waals surface area contributed by atoms with E-state index in [0.29, 0.717) is 11.3 Å². The molecular weight excluding hydrogens is 531 g/mol. The first-order chi connectivity index (χ1) is 20.4. The predicted molar refractivity (Wildman–Crippen MR) is 161 cm³/mol. The highest BCUT2D eigenvalue weighted by Gasteiger charge is 2.36. The third-order valence-electron chi connectivity index (χ3n) is 8.92. The zero-order valence-electron chi connectivity index (χ0n) is 23.0. The van der Waals surface area contributed by atoms with Crippen LogP contribution in [0.3, 0.4) is 0 Å². The minimum atomic E-state index is -4.44. The van der Waals surface area contributed by atoms with Crippen molar-refractivity contribution in [1.82, 2.24) is 4.98 Å². The van der Waals surface area contributed by atoms with Gasteiger partial charge in [0.1, 0.15) is 6.04 Å². The Morgan fingerprint density at radius 3 is 2.55 bits per heavy atom. The third kappa shape index (κ3) is 3.85. The van der Waals surface area contributed by atoms with Crippen LogP contribution in [0.5, 0.6) is 0 Å². The van der Waals surface area contributed by atoms with E-state index in [2.05, 4.69) is 48.3 Å². The molecule has 4 aliphatic rings. The van der Waals surface area contributed by atoms with E-state index in [9.17, 15) is 13.2 Å². The van der Waals surface area contributed by atoms with E-state index in [1.807, 2.05) is 24.3 Å². The van der Waals surface area contributed by atoms with Crippen LogP contribution >= 0.6 is 0 Å². The number of allylic oxidation sites excluding steroid dienone is 1. The molecule has 0 saturated heterocycles. The molecule has 0 radical (unpaired) electrons. The first-order valence-corrected chi connectivity index (χ1v) is 14.3. The van der Waals surface area contributed by atoms with E-state index < -0.39 is 11.7 Å². The molecule has 0 fully saturated rings. The van der Waals surface area contributed by atoms with Crippen LogP contribution in [0.15, 0.2) is 82.9 Å². The molecule has 42 heavy (non-hydrogen) atoms. The number of hydrogen-bond donors (Lipinski definition) is 0. The van der Waals surface area contributed by atoms with Crippen molar-refractivity contribution in [2.24, 2.45) is 9.98 Å². The number of aryl methyl sites for hydroxylation is 1. The standard InChI is InChI=1S/C36H26F3N3/c1-20-9-10-21-11-13-24-23-6-4-7-27(25(23)14-15-26(24)29(21)17-20)34-35-33(28-5-2-3-8-32(28)42-35)30(19-41-34)31-16-12-22(18-40-31)36(37,38)39/h2-3,5,8-12,14-19,34H,4,6-7,13H2,1H3. The topological polar surface area (TPSA) is 37.6 Å². The van der Waals surface area contributed by atoms with Crippen LogP contribution < -0.4 is 10.4 Å². The number of pyridine rings is 1. The number of hydrogen-bond acceptors (Lipinski definition) is 3. The fraction of sp³-hybridized carbons (Fsp3) is 0.194. The van der Waals surface area contributed by atoms with E-state index in [0.717, 1.165) is 60.5 Å². The molecule has 1 atom stereocenters. The highest BCUT2D eigenvalue weighted by atomic mass is 19.4. The summed E-state index contributed by atoms with van der Waals surface area (Å²) in [4.78, 5) is 14.3. The van der Waals surface area contributed by atoms with Crippen LogP contribution in [-0.4, -0.2) is 23.0 Å². The molecule has 2 aliphatic heterocycles. The van der Waals surface area contributed by atoms with Crippen molar-refractivity contribution in [3.8, 4) is 0 Å². The summed E-state index contributed by atoms with van der Waals surface area (Å²) in [5.74, 6) is 0. The summed E-state index contributed by atoms with van der Waals surface area (Å²) in [6, 6.07) is 21.4. The lowest BCUT2D eigenvalue weighted by Crippen LogP contribution is -2.32. The van der Waals surface area contributed by atoms with Crippen LogP contribution in [0.1, 0.15) is 46.4 Å². The number of fused-ring (bicyclic) bond motifs is 7. The van der Waals surface area contributed by atoms with Gasteiger partial charge in [0.2, 0.25) is 0 Å². The lowest BCUT2D eigenvalue weighted by molar-refractivity contribution is -0.137. The molecule has 0 amide bonds. The quantitative estimate of drug-likeness (QED) is 0.271. The van der Waals surface area contributed by atoms with Crippen LogP contribution in [0.2, 0.25) is 0 Å². The summed E-state index contributed by atoms with van der Waals surface area (Å²) in [5.41, 5.74) is 9.29. The summed E-state index contributed by atoms with van der Waals surface area (Å²) >= 11 is 0. The summed E-state index contributed by atoms with van der Waals surface area (Å²) < 4.78 is 39.7. The van der Waals surface area contributed by atoms with Gasteiger partial charge in [-0.25, -0.2) is 4.99 Å². The third-order valence-corrected chi connectivity index (χ3v) is 8.92. The highest BCUT2D eigenvalue weighted by molar-refractivity contribution is 6.45. The van der Waals surface area contributed by atoms with E-state index >= 15 is 0 Å². The van der Waals surface area contributed by atoms with Gasteiger partial charge in [0, 0.05) is 29.1 Å². The maximum atomic E-state index is 13.2. The van der Waals surface area contributed by atoms with Crippen LogP contribution in [0.25, 0.3) is 22.8 Å². The van der Waals surface area contributed by atoms with Gasteiger partial charge in [-0.05, 0) is 88.4 Å². The number of aromatic nitrogens is 1. The van der Waals surface area contributed by atoms with Crippen molar-refractivity contribution in [3.05, 3.63) is 127 Å². The number of dihydropyridines is 1. The van der Waals surface area contributed by atoms with Gasteiger partial charge < -0.3 is 0 Å². The summed E-state index contributed by atoms with van der Waals surface area (Å²) in [6.45, 7) is 2.14. The van der Waals surface area contributed by atoms with Crippen molar-refractivity contribution in [3.63, 3.8) is 0 Å². The van der Waals surface area contributed by atoms with Crippen LogP contribution in [0.4, 0.5) is 18.9 Å². The molecule has 2 aliphatic carbocycles. The average molecular weight is 558 g/mol. The Morgan fingerprint density at radius 1 is 0.857 bits per heavy atom. The molecule has 8 rings (SSSR count). The Bertz CT molecular complexity index is 2130. The van der Waals surface area contributed by atoms with E-state index in [-0.39, 0.29) is 6.04 Å². The lowest BCUT2D eigenvalue weighted by atomic mass is 9.80. The van der Waals surface area contributed by atoms with Gasteiger partial charge in [0.15, 0.2) is 0 Å². The van der Waals surface area contributed by atoms with Gasteiger partial charge in [0.05, 0.1) is 22.7 Å². The molecule has 3 nitrogen and oxygen atoms in total. The molecule has 0 N–H and O–H groups in total. The SMILES string of the molecule is Cc1ccc2c(c1)=c1ccc3c(c1CC=2)CCCC=3C1N=CC(c2ccc(C(F)(F)F)cn2)=C2C1=Nc1ccccc12.